The molecule has 0 radical (unpaired) electrons. The van der Waals surface area contributed by atoms with Gasteiger partial charge in [-0.1, -0.05) is 12.1 Å². The summed E-state index contributed by atoms with van der Waals surface area (Å²) in [6, 6.07) is 8.40. The highest BCUT2D eigenvalue weighted by Gasteiger charge is 2.30. The Labute approximate surface area is 192 Å². The largest absolute Gasteiger partial charge is 0.497 e. The molecule has 29 heavy (non-hydrogen) atoms. The van der Waals surface area contributed by atoms with Gasteiger partial charge in [-0.05, 0) is 57.5 Å². The summed E-state index contributed by atoms with van der Waals surface area (Å²) in [5.74, 6) is 1.45. The molecule has 2 rings (SSSR count). The van der Waals surface area contributed by atoms with Gasteiger partial charge in [-0.25, -0.2) is 8.42 Å². The van der Waals surface area contributed by atoms with Crippen molar-refractivity contribution in [1.82, 2.24) is 15.5 Å². The monoisotopic (exact) mass is 538 g/mol. The van der Waals surface area contributed by atoms with E-state index in [4.69, 9.17) is 4.74 Å². The van der Waals surface area contributed by atoms with Crippen LogP contribution in [-0.4, -0.2) is 70.6 Å². The predicted molar refractivity (Wildman–Crippen MR) is 130 cm³/mol. The molecule has 1 aromatic rings. The zero-order valence-corrected chi connectivity index (χ0v) is 21.2. The van der Waals surface area contributed by atoms with Gasteiger partial charge in [-0.2, -0.15) is 0 Å². The highest BCUT2D eigenvalue weighted by Crippen LogP contribution is 2.26. The number of methoxy groups -OCH3 is 1. The first kappa shape index (κ1) is 26.0. The van der Waals surface area contributed by atoms with Crippen LogP contribution in [0, 0.1) is 0 Å². The van der Waals surface area contributed by atoms with Crippen molar-refractivity contribution in [2.24, 2.45) is 4.99 Å². The summed E-state index contributed by atoms with van der Waals surface area (Å²) in [5, 5.41) is 6.52. The number of halogens is 1. The standard InChI is InChI=1S/C20H34N4O3S.HI/c1-20(2,28(5,25)26)15-23-19(21-3)22-14-18(24-12-6-7-13-24)16-8-10-17(27-4)11-9-16;/h8-11,18H,6-7,12-15H2,1-5H3,(H2,21,22,23);1H. The SMILES string of the molecule is CN=C(NCC(c1ccc(OC)cc1)N1CCCC1)NCC(C)(C)S(C)(=O)=O.I. The van der Waals surface area contributed by atoms with Crippen molar-refractivity contribution in [3.63, 3.8) is 0 Å². The van der Waals surface area contributed by atoms with Gasteiger partial charge in [0.15, 0.2) is 15.8 Å². The lowest BCUT2D eigenvalue weighted by molar-refractivity contribution is 0.245. The Morgan fingerprint density at radius 2 is 1.79 bits per heavy atom. The van der Waals surface area contributed by atoms with Gasteiger partial charge < -0.3 is 15.4 Å². The van der Waals surface area contributed by atoms with E-state index in [9.17, 15) is 8.42 Å². The number of guanidine groups is 1. The van der Waals surface area contributed by atoms with Gasteiger partial charge in [0.1, 0.15) is 5.75 Å². The zero-order chi connectivity index (χ0) is 20.8. The maximum atomic E-state index is 11.9. The Bertz CT molecular complexity index is 760. The highest BCUT2D eigenvalue weighted by molar-refractivity contribution is 14.0. The van der Waals surface area contributed by atoms with Crippen LogP contribution in [-0.2, 0) is 9.84 Å². The summed E-state index contributed by atoms with van der Waals surface area (Å²) in [7, 11) is 0.199. The molecule has 166 valence electrons. The lowest BCUT2D eigenvalue weighted by Crippen LogP contribution is -2.49. The van der Waals surface area contributed by atoms with Gasteiger partial charge in [-0.15, -0.1) is 24.0 Å². The van der Waals surface area contributed by atoms with E-state index in [2.05, 4.69) is 32.7 Å². The number of nitrogens with zero attached hydrogens (tertiary/aromatic N) is 2. The Balaban J connectivity index is 0.00000420. The molecule has 1 fully saturated rings. The van der Waals surface area contributed by atoms with Crippen LogP contribution in [0.2, 0.25) is 0 Å². The molecule has 0 amide bonds. The molecule has 0 bridgehead atoms. The van der Waals surface area contributed by atoms with Crippen LogP contribution in [0.4, 0.5) is 0 Å². The Hall–Kier alpha value is -1.07. The van der Waals surface area contributed by atoms with Crippen molar-refractivity contribution in [1.29, 1.82) is 0 Å². The normalized spacial score (nSPS) is 16.8. The number of sulfone groups is 1. The first-order valence-corrected chi connectivity index (χ1v) is 11.6. The average molecular weight is 538 g/mol. The number of likely N-dealkylation sites (tertiary alicyclic amines) is 1. The third-order valence-corrected chi connectivity index (χ3v) is 7.61. The molecule has 1 saturated heterocycles. The Kier molecular flexibility index (Phi) is 10.2. The van der Waals surface area contributed by atoms with Crippen molar-refractivity contribution in [2.45, 2.75) is 37.5 Å². The maximum Gasteiger partial charge on any atom is 0.191 e. The predicted octanol–water partition coefficient (Wildman–Crippen LogP) is 2.44. The number of benzene rings is 1. The fourth-order valence-corrected chi connectivity index (χ4v) is 3.51. The first-order chi connectivity index (χ1) is 13.2. The number of aliphatic imine (C=N–C) groups is 1. The van der Waals surface area contributed by atoms with Crippen LogP contribution in [0.25, 0.3) is 0 Å². The van der Waals surface area contributed by atoms with E-state index < -0.39 is 14.6 Å². The van der Waals surface area contributed by atoms with E-state index in [-0.39, 0.29) is 30.0 Å². The fraction of sp³-hybridized carbons (Fsp3) is 0.650. The van der Waals surface area contributed by atoms with Crippen LogP contribution in [0.15, 0.2) is 29.3 Å². The Morgan fingerprint density at radius 1 is 1.21 bits per heavy atom. The summed E-state index contributed by atoms with van der Waals surface area (Å²) in [6.07, 6.45) is 3.68. The van der Waals surface area contributed by atoms with Crippen LogP contribution >= 0.6 is 24.0 Å². The van der Waals surface area contributed by atoms with Crippen molar-refractivity contribution < 1.29 is 13.2 Å². The molecule has 1 atom stereocenters. The fourth-order valence-electron chi connectivity index (χ4n) is 3.18. The topological polar surface area (TPSA) is 83.0 Å². The lowest BCUT2D eigenvalue weighted by Gasteiger charge is -2.30. The molecular weight excluding hydrogens is 503 g/mol. The third kappa shape index (κ3) is 7.29. The molecule has 0 saturated carbocycles. The van der Waals surface area contributed by atoms with Gasteiger partial charge in [-0.3, -0.25) is 9.89 Å². The van der Waals surface area contributed by atoms with Gasteiger partial charge in [0.25, 0.3) is 0 Å². The second-order valence-corrected chi connectivity index (χ2v) is 10.5. The van der Waals surface area contributed by atoms with Crippen LogP contribution < -0.4 is 15.4 Å². The van der Waals surface area contributed by atoms with E-state index in [1.807, 2.05) is 12.1 Å². The molecule has 9 heteroatoms. The summed E-state index contributed by atoms with van der Waals surface area (Å²) in [4.78, 5) is 6.73. The van der Waals surface area contributed by atoms with Gasteiger partial charge in [0.2, 0.25) is 0 Å². The number of rotatable bonds is 8. The van der Waals surface area contributed by atoms with Crippen molar-refractivity contribution in [3.05, 3.63) is 29.8 Å². The van der Waals surface area contributed by atoms with E-state index in [1.165, 1.54) is 24.7 Å². The molecule has 0 aliphatic carbocycles. The summed E-state index contributed by atoms with van der Waals surface area (Å²) >= 11 is 0. The average Bonchev–Trinajstić information content (AvgIpc) is 3.18. The summed E-state index contributed by atoms with van der Waals surface area (Å²) in [6.45, 7) is 6.56. The van der Waals surface area contributed by atoms with E-state index >= 15 is 0 Å². The van der Waals surface area contributed by atoms with Crippen LogP contribution in [0.1, 0.15) is 38.3 Å². The van der Waals surface area contributed by atoms with Gasteiger partial charge in [0.05, 0.1) is 17.9 Å². The number of hydrogen-bond donors (Lipinski definition) is 2. The van der Waals surface area contributed by atoms with E-state index in [1.54, 1.807) is 28.0 Å². The number of nitrogens with one attached hydrogen (secondary N) is 2. The summed E-state index contributed by atoms with van der Waals surface area (Å²) in [5.41, 5.74) is 1.22. The van der Waals surface area contributed by atoms with Crippen LogP contribution in [0.5, 0.6) is 5.75 Å². The molecule has 7 nitrogen and oxygen atoms in total. The molecular formula is C20H35IN4O3S. The molecule has 1 aliphatic heterocycles. The first-order valence-electron chi connectivity index (χ1n) is 9.70. The van der Waals surface area contributed by atoms with Crippen molar-refractivity contribution in [3.8, 4) is 5.75 Å². The minimum atomic E-state index is -3.17. The number of hydrogen-bond acceptors (Lipinski definition) is 5. The summed E-state index contributed by atoms with van der Waals surface area (Å²) < 4.78 is 28.2. The highest BCUT2D eigenvalue weighted by atomic mass is 127. The lowest BCUT2D eigenvalue weighted by atomic mass is 10.1. The Morgan fingerprint density at radius 3 is 2.28 bits per heavy atom. The van der Waals surface area contributed by atoms with Crippen molar-refractivity contribution in [2.75, 3.05) is 46.6 Å². The van der Waals surface area contributed by atoms with Crippen LogP contribution in [0.3, 0.4) is 0 Å². The quantitative estimate of drug-likeness (QED) is 0.301. The molecule has 1 aliphatic rings. The second-order valence-electron chi connectivity index (χ2n) is 7.87. The number of ether oxygens (including phenoxy) is 1. The molecule has 1 heterocycles. The molecule has 2 N–H and O–H groups in total. The zero-order valence-electron chi connectivity index (χ0n) is 18.1. The third-order valence-electron chi connectivity index (χ3n) is 5.45. The van der Waals surface area contributed by atoms with E-state index in [0.717, 1.165) is 18.8 Å². The minimum Gasteiger partial charge on any atom is -0.497 e. The molecule has 1 aromatic carbocycles. The smallest absolute Gasteiger partial charge is 0.191 e. The minimum absolute atomic E-state index is 0. The van der Waals surface area contributed by atoms with Crippen molar-refractivity contribution >= 4 is 39.8 Å². The van der Waals surface area contributed by atoms with Gasteiger partial charge >= 0.3 is 0 Å². The molecule has 1 unspecified atom stereocenters. The second kappa shape index (κ2) is 11.4. The molecule has 0 aromatic heterocycles. The van der Waals surface area contributed by atoms with E-state index in [0.29, 0.717) is 19.0 Å². The van der Waals surface area contributed by atoms with Gasteiger partial charge in [0, 0.05) is 26.4 Å². The molecule has 0 spiro atoms. The maximum absolute atomic E-state index is 11.9.